The van der Waals surface area contributed by atoms with E-state index in [2.05, 4.69) is 10.3 Å². The van der Waals surface area contributed by atoms with Crippen molar-refractivity contribution in [2.24, 2.45) is 4.99 Å². The fraction of sp³-hybridized carbons (Fsp3) is 0. The van der Waals surface area contributed by atoms with Crippen molar-refractivity contribution in [3.63, 3.8) is 0 Å². The molecular weight excluding hydrogens is 400 g/mol. The van der Waals surface area contributed by atoms with Crippen LogP contribution in [0, 0.1) is 0 Å². The molecule has 4 rings (SSSR count). The number of nitrogens with zero attached hydrogens (tertiary/aromatic N) is 1. The zero-order chi connectivity index (χ0) is 18.6. The molecule has 3 aromatic rings. The summed E-state index contributed by atoms with van der Waals surface area (Å²) in [5, 5.41) is 4.76. The molecule has 1 aliphatic heterocycles. The largest absolute Gasteiger partial charge is 0.450 e. The number of rotatable bonds is 4. The summed E-state index contributed by atoms with van der Waals surface area (Å²) >= 11 is 8.68. The number of thioether (sulfide) groups is 1. The first-order valence-corrected chi connectivity index (χ1v) is 10.0. The Morgan fingerprint density at radius 3 is 2.59 bits per heavy atom. The summed E-state index contributed by atoms with van der Waals surface area (Å²) < 4.78 is 5.80. The number of para-hydroxylation sites is 1. The molecule has 0 saturated carbocycles. The fourth-order valence-corrected chi connectivity index (χ4v) is 4.04. The van der Waals surface area contributed by atoms with Gasteiger partial charge in [-0.05, 0) is 60.3 Å². The molecule has 1 saturated heterocycles. The maximum atomic E-state index is 12.2. The summed E-state index contributed by atoms with van der Waals surface area (Å²) in [5.74, 6) is 0.433. The second-order valence-electron chi connectivity index (χ2n) is 5.53. The van der Waals surface area contributed by atoms with E-state index in [9.17, 15) is 4.79 Å². The van der Waals surface area contributed by atoms with Crippen molar-refractivity contribution in [2.45, 2.75) is 9.99 Å². The van der Waals surface area contributed by atoms with Crippen molar-refractivity contribution < 1.29 is 9.21 Å². The molecule has 0 radical (unpaired) electrons. The Hall–Kier alpha value is -2.41. The lowest BCUT2D eigenvalue weighted by Gasteiger charge is -1.97. The van der Waals surface area contributed by atoms with E-state index in [1.807, 2.05) is 66.7 Å². The fourth-order valence-electron chi connectivity index (χ4n) is 2.32. The molecule has 7 heteroatoms. The minimum Gasteiger partial charge on any atom is -0.450 e. The second-order valence-corrected chi connectivity index (χ2v) is 8.08. The van der Waals surface area contributed by atoms with Crippen molar-refractivity contribution in [3.05, 3.63) is 82.4 Å². The topological polar surface area (TPSA) is 54.6 Å². The van der Waals surface area contributed by atoms with Crippen LogP contribution in [0.5, 0.6) is 0 Å². The molecule has 0 spiro atoms. The van der Waals surface area contributed by atoms with Gasteiger partial charge in [0.1, 0.15) is 5.76 Å². The maximum Gasteiger partial charge on any atom is 0.264 e. The Morgan fingerprint density at radius 1 is 1.04 bits per heavy atom. The van der Waals surface area contributed by atoms with Crippen LogP contribution in [0.3, 0.4) is 0 Å². The molecule has 2 heterocycles. The molecule has 0 bridgehead atoms. The first-order valence-electron chi connectivity index (χ1n) is 8.04. The van der Waals surface area contributed by atoms with Gasteiger partial charge in [0, 0.05) is 16.0 Å². The first kappa shape index (κ1) is 18.0. The van der Waals surface area contributed by atoms with Gasteiger partial charge in [0.15, 0.2) is 10.3 Å². The zero-order valence-electron chi connectivity index (χ0n) is 13.9. The number of nitrogens with one attached hydrogen (secondary N) is 1. The summed E-state index contributed by atoms with van der Waals surface area (Å²) in [5.41, 5.74) is 0.793. The van der Waals surface area contributed by atoms with Gasteiger partial charge in [-0.1, -0.05) is 41.6 Å². The van der Waals surface area contributed by atoms with Crippen LogP contribution in [0.15, 0.2) is 91.0 Å². The van der Waals surface area contributed by atoms with E-state index in [4.69, 9.17) is 16.0 Å². The number of amides is 1. The number of aliphatic imine (C=N–C) groups is 1. The van der Waals surface area contributed by atoms with Crippen LogP contribution in [0.2, 0.25) is 5.02 Å². The minimum absolute atomic E-state index is 0.182. The molecule has 1 amide bonds. The summed E-state index contributed by atoms with van der Waals surface area (Å²) in [7, 11) is 0. The molecule has 1 aromatic heterocycles. The zero-order valence-corrected chi connectivity index (χ0v) is 16.3. The SMILES string of the molecule is O=C1NC(=Nc2ccccc2)S/C1=C\c1ccc(Sc2ccc(Cl)cc2)o1. The number of halogens is 1. The van der Waals surface area contributed by atoms with Gasteiger partial charge in [-0.2, -0.15) is 0 Å². The lowest BCUT2D eigenvalue weighted by atomic mass is 10.3. The van der Waals surface area contributed by atoms with Crippen LogP contribution < -0.4 is 5.32 Å². The van der Waals surface area contributed by atoms with E-state index >= 15 is 0 Å². The Bertz CT molecular complexity index is 1030. The monoisotopic (exact) mass is 412 g/mol. The van der Waals surface area contributed by atoms with Crippen LogP contribution in [-0.4, -0.2) is 11.1 Å². The maximum absolute atomic E-state index is 12.2. The van der Waals surface area contributed by atoms with Gasteiger partial charge >= 0.3 is 0 Å². The third-order valence-electron chi connectivity index (χ3n) is 3.55. The highest BCUT2D eigenvalue weighted by Gasteiger charge is 2.24. The van der Waals surface area contributed by atoms with E-state index in [1.54, 1.807) is 6.08 Å². The normalized spacial score (nSPS) is 16.9. The van der Waals surface area contributed by atoms with Crippen LogP contribution in [0.4, 0.5) is 5.69 Å². The van der Waals surface area contributed by atoms with Crippen molar-refractivity contribution in [3.8, 4) is 0 Å². The third kappa shape index (κ3) is 4.66. The molecule has 0 atom stereocenters. The van der Waals surface area contributed by atoms with Gasteiger partial charge in [0.2, 0.25) is 0 Å². The van der Waals surface area contributed by atoms with E-state index < -0.39 is 0 Å². The van der Waals surface area contributed by atoms with Gasteiger partial charge < -0.3 is 9.73 Å². The van der Waals surface area contributed by atoms with Gasteiger partial charge in [0.25, 0.3) is 5.91 Å². The second kappa shape index (κ2) is 8.08. The quantitative estimate of drug-likeness (QED) is 0.536. The predicted molar refractivity (Wildman–Crippen MR) is 112 cm³/mol. The lowest BCUT2D eigenvalue weighted by Crippen LogP contribution is -2.19. The van der Waals surface area contributed by atoms with Crippen molar-refractivity contribution >= 4 is 58.0 Å². The molecule has 2 aromatic carbocycles. The molecule has 0 unspecified atom stereocenters. The molecule has 0 aliphatic carbocycles. The molecular formula is C20H13ClN2O2S2. The number of hydrogen-bond acceptors (Lipinski definition) is 5. The average molecular weight is 413 g/mol. The Morgan fingerprint density at radius 2 is 1.81 bits per heavy atom. The highest BCUT2D eigenvalue weighted by molar-refractivity contribution is 8.18. The molecule has 1 fully saturated rings. The van der Waals surface area contributed by atoms with Crippen LogP contribution in [0.25, 0.3) is 6.08 Å². The summed E-state index contributed by atoms with van der Waals surface area (Å²) in [6.07, 6.45) is 1.72. The van der Waals surface area contributed by atoms with Crippen molar-refractivity contribution in [2.75, 3.05) is 0 Å². The van der Waals surface area contributed by atoms with E-state index in [0.29, 0.717) is 20.9 Å². The Balaban J connectivity index is 1.47. The number of furan rings is 1. The molecule has 27 heavy (non-hydrogen) atoms. The van der Waals surface area contributed by atoms with E-state index in [0.717, 1.165) is 15.7 Å². The average Bonchev–Trinajstić information content (AvgIpc) is 3.24. The number of carbonyl (C=O) groups is 1. The van der Waals surface area contributed by atoms with Gasteiger partial charge in [-0.25, -0.2) is 4.99 Å². The third-order valence-corrected chi connectivity index (χ3v) is 5.64. The number of benzene rings is 2. The lowest BCUT2D eigenvalue weighted by molar-refractivity contribution is -0.115. The standard InChI is InChI=1S/C20H13ClN2O2S2/c21-13-6-9-16(10-7-13)26-18-11-8-15(25-18)12-17-19(24)23-20(27-17)22-14-4-2-1-3-5-14/h1-12H,(H,22,23,24)/b17-12-. The summed E-state index contributed by atoms with van der Waals surface area (Å²) in [6, 6.07) is 20.7. The van der Waals surface area contributed by atoms with E-state index in [-0.39, 0.29) is 5.91 Å². The predicted octanol–water partition coefficient (Wildman–Crippen LogP) is 5.98. The summed E-state index contributed by atoms with van der Waals surface area (Å²) in [4.78, 5) is 18.2. The smallest absolute Gasteiger partial charge is 0.264 e. The van der Waals surface area contributed by atoms with E-state index in [1.165, 1.54) is 23.5 Å². The Labute approximate surface area is 169 Å². The van der Waals surface area contributed by atoms with Crippen LogP contribution >= 0.6 is 35.1 Å². The highest BCUT2D eigenvalue weighted by Crippen LogP contribution is 2.32. The minimum atomic E-state index is -0.182. The number of carbonyl (C=O) groups excluding carboxylic acids is 1. The molecule has 134 valence electrons. The first-order chi connectivity index (χ1) is 13.2. The Kier molecular flexibility index (Phi) is 5.38. The molecule has 1 N–H and O–H groups in total. The van der Waals surface area contributed by atoms with Crippen LogP contribution in [-0.2, 0) is 4.79 Å². The molecule has 1 aliphatic rings. The van der Waals surface area contributed by atoms with Gasteiger partial charge in [-0.3, -0.25) is 4.79 Å². The van der Waals surface area contributed by atoms with Crippen LogP contribution in [0.1, 0.15) is 5.76 Å². The number of amidine groups is 1. The summed E-state index contributed by atoms with van der Waals surface area (Å²) in [6.45, 7) is 0. The van der Waals surface area contributed by atoms with Gasteiger partial charge in [0.05, 0.1) is 10.6 Å². The number of hydrogen-bond donors (Lipinski definition) is 1. The van der Waals surface area contributed by atoms with Gasteiger partial charge in [-0.15, -0.1) is 0 Å². The van der Waals surface area contributed by atoms with Crippen molar-refractivity contribution in [1.82, 2.24) is 5.32 Å². The molecule has 4 nitrogen and oxygen atoms in total. The highest BCUT2D eigenvalue weighted by atomic mass is 35.5. The van der Waals surface area contributed by atoms with Crippen molar-refractivity contribution in [1.29, 1.82) is 0 Å².